The van der Waals surface area contributed by atoms with Crippen LogP contribution in [-0.2, 0) is 6.42 Å². The van der Waals surface area contributed by atoms with E-state index in [0.29, 0.717) is 23.6 Å². The number of pyridine rings is 1. The van der Waals surface area contributed by atoms with Gasteiger partial charge in [-0.2, -0.15) is 4.98 Å². The standard InChI is InChI=1S/C15H16ClN3O/c1-10-13(16)18-14(11-5-6-11)19-15(10)20-9-7-12-4-2-3-8-17-12/h2-4,8,11H,5-7,9H2,1H3. The van der Waals surface area contributed by atoms with Crippen LogP contribution in [-0.4, -0.2) is 21.6 Å². The smallest absolute Gasteiger partial charge is 0.221 e. The third-order valence-electron chi connectivity index (χ3n) is 3.32. The summed E-state index contributed by atoms with van der Waals surface area (Å²) < 4.78 is 5.76. The number of rotatable bonds is 5. The van der Waals surface area contributed by atoms with Crippen LogP contribution < -0.4 is 4.74 Å². The van der Waals surface area contributed by atoms with Gasteiger partial charge < -0.3 is 4.74 Å². The molecule has 0 aromatic carbocycles. The van der Waals surface area contributed by atoms with Crippen molar-refractivity contribution in [2.24, 2.45) is 0 Å². The van der Waals surface area contributed by atoms with E-state index in [9.17, 15) is 0 Å². The topological polar surface area (TPSA) is 47.9 Å². The lowest BCUT2D eigenvalue weighted by molar-refractivity contribution is 0.304. The van der Waals surface area contributed by atoms with Crippen LogP contribution in [0.1, 0.15) is 35.8 Å². The summed E-state index contributed by atoms with van der Waals surface area (Å²) >= 11 is 6.14. The molecule has 104 valence electrons. The van der Waals surface area contributed by atoms with Crippen molar-refractivity contribution in [3.05, 3.63) is 46.6 Å². The molecule has 4 nitrogen and oxygen atoms in total. The predicted octanol–water partition coefficient (Wildman–Crippen LogP) is 3.33. The molecule has 1 fully saturated rings. The number of hydrogen-bond donors (Lipinski definition) is 0. The summed E-state index contributed by atoms with van der Waals surface area (Å²) in [4.78, 5) is 13.1. The summed E-state index contributed by atoms with van der Waals surface area (Å²) in [6, 6.07) is 5.86. The van der Waals surface area contributed by atoms with E-state index in [1.165, 1.54) is 0 Å². The molecule has 0 saturated heterocycles. The Balaban J connectivity index is 1.67. The highest BCUT2D eigenvalue weighted by Crippen LogP contribution is 2.39. The molecule has 0 unspecified atom stereocenters. The molecule has 20 heavy (non-hydrogen) atoms. The molecule has 1 saturated carbocycles. The molecule has 0 atom stereocenters. The molecular formula is C15H16ClN3O. The number of halogens is 1. The molecule has 0 spiro atoms. The maximum Gasteiger partial charge on any atom is 0.221 e. The fraction of sp³-hybridized carbons (Fsp3) is 0.400. The Kier molecular flexibility index (Phi) is 3.83. The molecule has 0 bridgehead atoms. The molecule has 3 rings (SSSR count). The van der Waals surface area contributed by atoms with Crippen molar-refractivity contribution in [1.82, 2.24) is 15.0 Å². The molecule has 1 aliphatic rings. The quantitative estimate of drug-likeness (QED) is 0.792. The molecule has 0 N–H and O–H groups in total. The fourth-order valence-electron chi connectivity index (χ4n) is 1.95. The van der Waals surface area contributed by atoms with Gasteiger partial charge in [-0.05, 0) is 31.9 Å². The lowest BCUT2D eigenvalue weighted by atomic mass is 10.3. The molecule has 0 radical (unpaired) electrons. The van der Waals surface area contributed by atoms with Crippen molar-refractivity contribution in [3.8, 4) is 5.88 Å². The van der Waals surface area contributed by atoms with Crippen molar-refractivity contribution in [3.63, 3.8) is 0 Å². The normalized spacial score (nSPS) is 14.3. The van der Waals surface area contributed by atoms with Gasteiger partial charge in [0.05, 0.1) is 6.61 Å². The highest BCUT2D eigenvalue weighted by molar-refractivity contribution is 6.30. The van der Waals surface area contributed by atoms with E-state index >= 15 is 0 Å². The molecule has 2 aromatic rings. The fourth-order valence-corrected chi connectivity index (χ4v) is 2.12. The van der Waals surface area contributed by atoms with Gasteiger partial charge in [0.25, 0.3) is 0 Å². The maximum atomic E-state index is 6.14. The summed E-state index contributed by atoms with van der Waals surface area (Å²) in [6.45, 7) is 2.42. The third kappa shape index (κ3) is 3.07. The lowest BCUT2D eigenvalue weighted by Crippen LogP contribution is -2.07. The van der Waals surface area contributed by atoms with Crippen LogP contribution in [0.15, 0.2) is 24.4 Å². The van der Waals surface area contributed by atoms with Crippen LogP contribution in [0.4, 0.5) is 0 Å². The average molecular weight is 290 g/mol. The summed E-state index contributed by atoms with van der Waals surface area (Å²) in [5.74, 6) is 1.88. The zero-order chi connectivity index (χ0) is 13.9. The first-order valence-electron chi connectivity index (χ1n) is 6.81. The molecular weight excluding hydrogens is 274 g/mol. The largest absolute Gasteiger partial charge is 0.477 e. The van der Waals surface area contributed by atoms with Crippen LogP contribution in [0.25, 0.3) is 0 Å². The molecule has 2 heterocycles. The van der Waals surface area contributed by atoms with E-state index in [0.717, 1.165) is 36.3 Å². The van der Waals surface area contributed by atoms with Gasteiger partial charge in [0, 0.05) is 29.8 Å². The monoisotopic (exact) mass is 289 g/mol. The Hall–Kier alpha value is -1.68. The Labute approximate surface area is 123 Å². The average Bonchev–Trinajstić information content (AvgIpc) is 3.29. The second-order valence-corrected chi connectivity index (χ2v) is 5.35. The van der Waals surface area contributed by atoms with Crippen molar-refractivity contribution in [1.29, 1.82) is 0 Å². The molecule has 0 aliphatic heterocycles. The second kappa shape index (κ2) is 5.75. The van der Waals surface area contributed by atoms with Crippen LogP contribution in [0, 0.1) is 6.92 Å². The molecule has 0 amide bonds. The highest BCUT2D eigenvalue weighted by Gasteiger charge is 2.28. The van der Waals surface area contributed by atoms with Gasteiger partial charge in [-0.15, -0.1) is 0 Å². The van der Waals surface area contributed by atoms with E-state index in [2.05, 4.69) is 15.0 Å². The van der Waals surface area contributed by atoms with Crippen LogP contribution in [0.2, 0.25) is 5.15 Å². The first-order chi connectivity index (χ1) is 9.74. The summed E-state index contributed by atoms with van der Waals surface area (Å²) in [6.07, 6.45) is 4.83. The van der Waals surface area contributed by atoms with Gasteiger partial charge in [0.15, 0.2) is 0 Å². The summed E-state index contributed by atoms with van der Waals surface area (Å²) in [7, 11) is 0. The predicted molar refractivity (Wildman–Crippen MR) is 77.2 cm³/mol. The summed E-state index contributed by atoms with van der Waals surface area (Å²) in [5, 5.41) is 0.495. The second-order valence-electron chi connectivity index (χ2n) is 5.00. The third-order valence-corrected chi connectivity index (χ3v) is 3.69. The number of hydrogen-bond acceptors (Lipinski definition) is 4. The zero-order valence-corrected chi connectivity index (χ0v) is 12.1. The van der Waals surface area contributed by atoms with E-state index in [1.54, 1.807) is 6.20 Å². The molecule has 5 heteroatoms. The Bertz CT molecular complexity index is 600. The Morgan fingerprint density at radius 3 is 2.85 bits per heavy atom. The SMILES string of the molecule is Cc1c(Cl)nc(C2CC2)nc1OCCc1ccccn1. The number of nitrogens with zero attached hydrogens (tertiary/aromatic N) is 3. The first kappa shape index (κ1) is 13.3. The van der Waals surface area contributed by atoms with Crippen LogP contribution in [0.3, 0.4) is 0 Å². The minimum atomic E-state index is 0.464. The van der Waals surface area contributed by atoms with E-state index in [4.69, 9.17) is 16.3 Å². The highest BCUT2D eigenvalue weighted by atomic mass is 35.5. The van der Waals surface area contributed by atoms with Crippen molar-refractivity contribution < 1.29 is 4.74 Å². The molecule has 2 aromatic heterocycles. The summed E-state index contributed by atoms with van der Waals surface area (Å²) in [5.41, 5.74) is 1.81. The number of ether oxygens (including phenoxy) is 1. The van der Waals surface area contributed by atoms with Gasteiger partial charge in [-0.3, -0.25) is 4.98 Å². The number of aromatic nitrogens is 3. The van der Waals surface area contributed by atoms with Gasteiger partial charge in [-0.1, -0.05) is 17.7 Å². The minimum absolute atomic E-state index is 0.464. The van der Waals surface area contributed by atoms with Gasteiger partial charge in [0.2, 0.25) is 5.88 Å². The Morgan fingerprint density at radius 1 is 1.30 bits per heavy atom. The van der Waals surface area contributed by atoms with Crippen molar-refractivity contribution in [2.45, 2.75) is 32.1 Å². The van der Waals surface area contributed by atoms with E-state index in [1.807, 2.05) is 25.1 Å². The zero-order valence-electron chi connectivity index (χ0n) is 11.3. The maximum absolute atomic E-state index is 6.14. The van der Waals surface area contributed by atoms with Crippen LogP contribution in [0.5, 0.6) is 5.88 Å². The molecule has 1 aliphatic carbocycles. The minimum Gasteiger partial charge on any atom is -0.477 e. The van der Waals surface area contributed by atoms with Gasteiger partial charge in [-0.25, -0.2) is 4.98 Å². The lowest BCUT2D eigenvalue weighted by Gasteiger charge is -2.10. The van der Waals surface area contributed by atoms with E-state index in [-0.39, 0.29) is 0 Å². The van der Waals surface area contributed by atoms with Gasteiger partial charge >= 0.3 is 0 Å². The Morgan fingerprint density at radius 2 is 2.15 bits per heavy atom. The first-order valence-corrected chi connectivity index (χ1v) is 7.18. The van der Waals surface area contributed by atoms with Crippen molar-refractivity contribution >= 4 is 11.6 Å². The van der Waals surface area contributed by atoms with Crippen LogP contribution >= 0.6 is 11.6 Å². The van der Waals surface area contributed by atoms with E-state index < -0.39 is 0 Å². The van der Waals surface area contributed by atoms with Gasteiger partial charge in [0.1, 0.15) is 11.0 Å². The van der Waals surface area contributed by atoms with Crippen molar-refractivity contribution in [2.75, 3.05) is 6.61 Å².